The van der Waals surface area contributed by atoms with E-state index in [9.17, 15) is 0 Å². The molecule has 0 radical (unpaired) electrons. The first-order valence-electron chi connectivity index (χ1n) is 10.2. The molecule has 0 saturated heterocycles. The van der Waals surface area contributed by atoms with Crippen LogP contribution < -0.4 is 0 Å². The van der Waals surface area contributed by atoms with Gasteiger partial charge in [0.2, 0.25) is 0 Å². The average molecular weight is 363 g/mol. The first-order valence-corrected chi connectivity index (χ1v) is 10.2. The van der Waals surface area contributed by atoms with E-state index in [2.05, 4.69) is 111 Å². The summed E-state index contributed by atoms with van der Waals surface area (Å²) < 4.78 is 0. The molecule has 0 fully saturated rings. The average Bonchev–Trinajstić information content (AvgIpc) is 2.78. The van der Waals surface area contributed by atoms with E-state index >= 15 is 0 Å². The van der Waals surface area contributed by atoms with Crippen LogP contribution in [0.25, 0.3) is 44.5 Å². The summed E-state index contributed by atoms with van der Waals surface area (Å²) in [6, 6.07) is 34.9. The van der Waals surface area contributed by atoms with Crippen molar-refractivity contribution < 1.29 is 0 Å². The highest BCUT2D eigenvalue weighted by Gasteiger charge is 2.20. The molecule has 0 aromatic heterocycles. The van der Waals surface area contributed by atoms with Gasteiger partial charge >= 0.3 is 0 Å². The molecule has 0 aliphatic heterocycles. The Kier molecular flexibility index (Phi) is 5.39. The SMILES string of the molecule is CCCC.c1ccc2c(c1)-c1ccccc1-c1ccccc1-c1ccccc1-2. The number of hydrogen-bond donors (Lipinski definition) is 0. The van der Waals surface area contributed by atoms with Gasteiger partial charge in [-0.1, -0.05) is 124 Å². The molecule has 0 heteroatoms. The molecule has 0 bridgehead atoms. The van der Waals surface area contributed by atoms with E-state index in [1.807, 2.05) is 0 Å². The van der Waals surface area contributed by atoms with E-state index in [4.69, 9.17) is 0 Å². The first kappa shape index (κ1) is 18.3. The van der Waals surface area contributed by atoms with Gasteiger partial charge in [0.1, 0.15) is 0 Å². The Hall–Kier alpha value is -3.12. The number of benzene rings is 4. The maximum atomic E-state index is 2.24. The molecule has 0 N–H and O–H groups in total. The lowest BCUT2D eigenvalue weighted by molar-refractivity contribution is 0.886. The largest absolute Gasteiger partial charge is 0.0654 e. The molecule has 0 spiro atoms. The monoisotopic (exact) mass is 362 g/mol. The molecule has 138 valence electrons. The normalized spacial score (nSPS) is 10.8. The highest BCUT2D eigenvalue weighted by atomic mass is 14.2. The second kappa shape index (κ2) is 8.27. The van der Waals surface area contributed by atoms with Gasteiger partial charge in [0.25, 0.3) is 0 Å². The molecule has 4 aromatic rings. The van der Waals surface area contributed by atoms with Crippen LogP contribution in [0.1, 0.15) is 26.7 Å². The van der Waals surface area contributed by atoms with Gasteiger partial charge < -0.3 is 0 Å². The third-order valence-corrected chi connectivity index (χ3v) is 5.37. The van der Waals surface area contributed by atoms with E-state index in [1.165, 1.54) is 57.3 Å². The van der Waals surface area contributed by atoms with Crippen molar-refractivity contribution in [1.82, 2.24) is 0 Å². The molecular formula is C28H26. The molecule has 1 aliphatic carbocycles. The van der Waals surface area contributed by atoms with Crippen molar-refractivity contribution in [1.29, 1.82) is 0 Å². The van der Waals surface area contributed by atoms with E-state index in [1.54, 1.807) is 0 Å². The Bertz CT molecular complexity index is 799. The van der Waals surface area contributed by atoms with Crippen molar-refractivity contribution >= 4 is 0 Å². The zero-order valence-corrected chi connectivity index (χ0v) is 16.7. The fourth-order valence-corrected chi connectivity index (χ4v) is 3.81. The van der Waals surface area contributed by atoms with Gasteiger partial charge in [-0.3, -0.25) is 0 Å². The Balaban J connectivity index is 0.000000442. The van der Waals surface area contributed by atoms with Gasteiger partial charge in [0, 0.05) is 0 Å². The van der Waals surface area contributed by atoms with Crippen LogP contribution in [-0.2, 0) is 0 Å². The van der Waals surface area contributed by atoms with Crippen LogP contribution in [0.5, 0.6) is 0 Å². The van der Waals surface area contributed by atoms with Crippen LogP contribution in [0, 0.1) is 0 Å². The molecule has 0 saturated carbocycles. The molecule has 0 nitrogen and oxygen atoms in total. The van der Waals surface area contributed by atoms with Gasteiger partial charge in [-0.15, -0.1) is 0 Å². The molecule has 5 rings (SSSR count). The predicted molar refractivity (Wildman–Crippen MR) is 122 cm³/mol. The maximum absolute atomic E-state index is 2.24. The minimum absolute atomic E-state index is 1.30. The lowest BCUT2D eigenvalue weighted by atomic mass is 9.81. The van der Waals surface area contributed by atoms with Crippen molar-refractivity contribution in [3.05, 3.63) is 97.1 Å². The van der Waals surface area contributed by atoms with Crippen LogP contribution in [0.2, 0.25) is 0 Å². The first-order chi connectivity index (χ1) is 13.8. The smallest absolute Gasteiger partial charge is 0.00990 e. The minimum atomic E-state index is 1.30. The molecule has 0 amide bonds. The van der Waals surface area contributed by atoms with Crippen molar-refractivity contribution in [2.24, 2.45) is 0 Å². The summed E-state index contributed by atoms with van der Waals surface area (Å²) in [7, 11) is 0. The highest BCUT2D eigenvalue weighted by Crippen LogP contribution is 2.46. The van der Waals surface area contributed by atoms with Gasteiger partial charge in [0.15, 0.2) is 0 Å². The summed E-state index contributed by atoms with van der Waals surface area (Å²) in [5.41, 5.74) is 10.4. The second-order valence-corrected chi connectivity index (χ2v) is 7.18. The van der Waals surface area contributed by atoms with Gasteiger partial charge in [0.05, 0.1) is 0 Å². The van der Waals surface area contributed by atoms with E-state index in [0.29, 0.717) is 0 Å². The number of fused-ring (bicyclic) bond motifs is 8. The van der Waals surface area contributed by atoms with Gasteiger partial charge in [-0.25, -0.2) is 0 Å². The van der Waals surface area contributed by atoms with Crippen molar-refractivity contribution in [3.8, 4) is 44.5 Å². The molecule has 0 atom stereocenters. The van der Waals surface area contributed by atoms with Crippen LogP contribution in [0.4, 0.5) is 0 Å². The van der Waals surface area contributed by atoms with Crippen LogP contribution in [0.15, 0.2) is 97.1 Å². The summed E-state index contributed by atoms with van der Waals surface area (Å²) in [4.78, 5) is 0. The third kappa shape index (κ3) is 3.27. The zero-order chi connectivity index (χ0) is 19.3. The van der Waals surface area contributed by atoms with E-state index in [-0.39, 0.29) is 0 Å². The molecule has 0 heterocycles. The summed E-state index contributed by atoms with van der Waals surface area (Å²) in [5, 5.41) is 0. The topological polar surface area (TPSA) is 0 Å². The third-order valence-electron chi connectivity index (χ3n) is 5.37. The van der Waals surface area contributed by atoms with Crippen molar-refractivity contribution in [2.45, 2.75) is 26.7 Å². The highest BCUT2D eigenvalue weighted by molar-refractivity contribution is 6.02. The summed E-state index contributed by atoms with van der Waals surface area (Å²) in [6.45, 7) is 4.36. The number of hydrogen-bond acceptors (Lipinski definition) is 0. The lowest BCUT2D eigenvalue weighted by Gasteiger charge is -2.22. The van der Waals surface area contributed by atoms with Gasteiger partial charge in [-0.05, 0) is 44.5 Å². The van der Waals surface area contributed by atoms with E-state index < -0.39 is 0 Å². The standard InChI is InChI=1S/C24H16.C4H10/c1-2-10-18-17(9-1)19-11-3-4-13-21(19)23-15-7-8-16-24(23)22-14-6-5-12-20(18)22;1-3-4-2/h1-16H;3-4H2,1-2H3. The van der Waals surface area contributed by atoms with Crippen molar-refractivity contribution in [2.75, 3.05) is 0 Å². The van der Waals surface area contributed by atoms with Gasteiger partial charge in [-0.2, -0.15) is 0 Å². The molecule has 4 aromatic carbocycles. The summed E-state index contributed by atoms with van der Waals surface area (Å²) in [5.74, 6) is 0. The number of unbranched alkanes of at least 4 members (excludes halogenated alkanes) is 1. The summed E-state index contributed by atoms with van der Waals surface area (Å²) >= 11 is 0. The van der Waals surface area contributed by atoms with Crippen LogP contribution in [0.3, 0.4) is 0 Å². The van der Waals surface area contributed by atoms with Crippen LogP contribution >= 0.6 is 0 Å². The minimum Gasteiger partial charge on any atom is -0.0654 e. The quantitative estimate of drug-likeness (QED) is 0.280. The molecule has 0 unspecified atom stereocenters. The second-order valence-electron chi connectivity index (χ2n) is 7.18. The fraction of sp³-hybridized carbons (Fsp3) is 0.143. The Morgan fingerprint density at radius 3 is 0.571 bits per heavy atom. The summed E-state index contributed by atoms with van der Waals surface area (Å²) in [6.07, 6.45) is 2.64. The Morgan fingerprint density at radius 1 is 0.321 bits per heavy atom. The van der Waals surface area contributed by atoms with Crippen LogP contribution in [-0.4, -0.2) is 0 Å². The van der Waals surface area contributed by atoms with E-state index in [0.717, 1.165) is 0 Å². The lowest BCUT2D eigenvalue weighted by Crippen LogP contribution is -1.96. The zero-order valence-electron chi connectivity index (χ0n) is 16.7. The predicted octanol–water partition coefficient (Wildman–Crippen LogP) is 8.47. The van der Waals surface area contributed by atoms with Crippen molar-refractivity contribution in [3.63, 3.8) is 0 Å². The number of rotatable bonds is 1. The molecule has 28 heavy (non-hydrogen) atoms. The maximum Gasteiger partial charge on any atom is -0.00990 e. The Labute approximate surface area is 168 Å². The fourth-order valence-electron chi connectivity index (χ4n) is 3.81. The molecule has 1 aliphatic rings. The molecular weight excluding hydrogens is 336 g/mol. The Morgan fingerprint density at radius 2 is 0.464 bits per heavy atom.